The van der Waals surface area contributed by atoms with Gasteiger partial charge in [-0.05, 0) is 32.2 Å². The topological polar surface area (TPSA) is 122 Å². The molecule has 10 heteroatoms. The maximum Gasteiger partial charge on any atom is 0.326 e. The molecule has 0 aromatic carbocycles. The van der Waals surface area contributed by atoms with Gasteiger partial charge < -0.3 is 15.2 Å². The number of aliphatic carboxylic acids is 1. The highest BCUT2D eigenvalue weighted by Gasteiger charge is 2.22. The van der Waals surface area contributed by atoms with Crippen molar-refractivity contribution in [3.63, 3.8) is 0 Å². The van der Waals surface area contributed by atoms with Gasteiger partial charge in [0, 0.05) is 13.0 Å². The number of carboxylic acids is 1. The Bertz CT molecular complexity index is 649. The lowest BCUT2D eigenvalue weighted by atomic mass is 10.2. The third kappa shape index (κ3) is 7.39. The second-order valence-electron chi connectivity index (χ2n) is 5.96. The summed E-state index contributed by atoms with van der Waals surface area (Å²) in [6.45, 7) is 5.12. The maximum absolute atomic E-state index is 11.9. The van der Waals surface area contributed by atoms with E-state index in [0.29, 0.717) is 0 Å². The molecule has 24 heavy (non-hydrogen) atoms. The van der Waals surface area contributed by atoms with Crippen LogP contribution in [-0.4, -0.2) is 50.2 Å². The highest BCUT2D eigenvalue weighted by molar-refractivity contribution is 7.91. The molecule has 0 aliphatic heterocycles. The van der Waals surface area contributed by atoms with Crippen LogP contribution in [0.25, 0.3) is 0 Å². The number of hydrogen-bond acceptors (Lipinski definition) is 6. The van der Waals surface area contributed by atoms with E-state index in [2.05, 4.69) is 10.0 Å². The van der Waals surface area contributed by atoms with Crippen LogP contribution in [0.3, 0.4) is 0 Å². The second kappa shape index (κ2) is 8.56. The fraction of sp³-hybridized carbons (Fsp3) is 0.571. The average Bonchev–Trinajstić information content (AvgIpc) is 2.97. The predicted molar refractivity (Wildman–Crippen MR) is 89.4 cm³/mol. The van der Waals surface area contributed by atoms with Gasteiger partial charge in [0.2, 0.25) is 5.91 Å². The van der Waals surface area contributed by atoms with Crippen LogP contribution in [0.2, 0.25) is 0 Å². The normalized spacial score (nSPS) is 13.5. The summed E-state index contributed by atoms with van der Waals surface area (Å²) in [4.78, 5) is 23.0. The van der Waals surface area contributed by atoms with E-state index < -0.39 is 40.1 Å². The number of nitrogens with one attached hydrogen (secondary N) is 2. The Morgan fingerprint density at radius 2 is 2.04 bits per heavy atom. The quantitative estimate of drug-likeness (QED) is 0.584. The van der Waals surface area contributed by atoms with Crippen molar-refractivity contribution in [3.05, 3.63) is 17.5 Å². The van der Waals surface area contributed by atoms with Gasteiger partial charge in [-0.1, -0.05) is 6.07 Å². The largest absolute Gasteiger partial charge is 0.480 e. The Hall–Kier alpha value is -1.49. The highest BCUT2D eigenvalue weighted by atomic mass is 32.2. The predicted octanol–water partition coefficient (Wildman–Crippen LogP) is 0.801. The molecule has 3 N–H and O–H groups in total. The third-order valence-electron chi connectivity index (χ3n) is 2.76. The standard InChI is InChI=1S/C14H22N2O6S2/c1-14(2,3)22-7-6-10(13(18)19)16-11(17)9-15-24(20,21)12-5-4-8-23-12/h4-5,8,10,15H,6-7,9H2,1-3H3,(H,16,17)(H,18,19). The van der Waals surface area contributed by atoms with Gasteiger partial charge in [-0.2, -0.15) is 0 Å². The Balaban J connectivity index is 2.49. The van der Waals surface area contributed by atoms with Crippen LogP contribution in [0, 0.1) is 0 Å². The number of hydrogen-bond donors (Lipinski definition) is 3. The van der Waals surface area contributed by atoms with E-state index in [-0.39, 0.29) is 17.2 Å². The minimum Gasteiger partial charge on any atom is -0.480 e. The van der Waals surface area contributed by atoms with Crippen LogP contribution < -0.4 is 10.0 Å². The zero-order chi connectivity index (χ0) is 18.4. The van der Waals surface area contributed by atoms with Gasteiger partial charge >= 0.3 is 5.97 Å². The van der Waals surface area contributed by atoms with Crippen molar-refractivity contribution in [3.8, 4) is 0 Å². The summed E-state index contributed by atoms with van der Waals surface area (Å²) >= 11 is 1.02. The van der Waals surface area contributed by atoms with Crippen LogP contribution in [0.15, 0.2) is 21.7 Å². The van der Waals surface area contributed by atoms with E-state index in [1.165, 1.54) is 6.07 Å². The van der Waals surface area contributed by atoms with Gasteiger partial charge in [0.25, 0.3) is 10.0 Å². The van der Waals surface area contributed by atoms with Crippen LogP contribution in [-0.2, 0) is 24.3 Å². The molecule has 0 spiro atoms. The third-order valence-corrected chi connectivity index (χ3v) is 5.56. The number of rotatable bonds is 9. The Labute approximate surface area is 145 Å². The molecule has 0 bridgehead atoms. The van der Waals surface area contributed by atoms with Crippen molar-refractivity contribution in [2.75, 3.05) is 13.2 Å². The van der Waals surface area contributed by atoms with Crippen LogP contribution in [0.1, 0.15) is 27.2 Å². The molecule has 1 aromatic rings. The lowest BCUT2D eigenvalue weighted by Crippen LogP contribution is -2.46. The van der Waals surface area contributed by atoms with Gasteiger partial charge in [-0.15, -0.1) is 11.3 Å². The van der Waals surface area contributed by atoms with Crippen LogP contribution in [0.5, 0.6) is 0 Å². The van der Waals surface area contributed by atoms with Gasteiger partial charge in [-0.3, -0.25) is 4.79 Å². The lowest BCUT2D eigenvalue weighted by molar-refractivity contribution is -0.142. The van der Waals surface area contributed by atoms with E-state index in [1.54, 1.807) is 11.4 Å². The molecule has 8 nitrogen and oxygen atoms in total. The summed E-state index contributed by atoms with van der Waals surface area (Å²) in [5, 5.41) is 13.0. The fourth-order valence-corrected chi connectivity index (χ4v) is 3.65. The van der Waals surface area contributed by atoms with E-state index >= 15 is 0 Å². The molecule has 136 valence electrons. The molecule has 0 radical (unpaired) electrons. The molecule has 1 unspecified atom stereocenters. The van der Waals surface area contributed by atoms with Crippen LogP contribution in [0.4, 0.5) is 0 Å². The zero-order valence-electron chi connectivity index (χ0n) is 13.7. The van der Waals surface area contributed by atoms with Crippen molar-refractivity contribution < 1.29 is 27.9 Å². The first-order chi connectivity index (χ1) is 11.0. The summed E-state index contributed by atoms with van der Waals surface area (Å²) in [5.74, 6) is -1.93. The SMILES string of the molecule is CC(C)(C)OCCC(NC(=O)CNS(=O)(=O)c1cccs1)C(=O)O. The highest BCUT2D eigenvalue weighted by Crippen LogP contribution is 2.14. The summed E-state index contributed by atoms with van der Waals surface area (Å²) < 4.78 is 31.4. The average molecular weight is 378 g/mol. The minimum absolute atomic E-state index is 0.0794. The van der Waals surface area contributed by atoms with E-state index in [9.17, 15) is 18.0 Å². The van der Waals surface area contributed by atoms with Crippen LogP contribution >= 0.6 is 11.3 Å². The first-order valence-electron chi connectivity index (χ1n) is 7.20. The van der Waals surface area contributed by atoms with E-state index in [0.717, 1.165) is 11.3 Å². The summed E-state index contributed by atoms with van der Waals surface area (Å²) in [6.07, 6.45) is 0.0794. The first-order valence-corrected chi connectivity index (χ1v) is 9.57. The molecule has 1 atom stereocenters. The molecule has 1 rings (SSSR count). The number of carbonyl (C=O) groups excluding carboxylic acids is 1. The monoisotopic (exact) mass is 378 g/mol. The number of sulfonamides is 1. The molecule has 0 fully saturated rings. The molecule has 0 saturated heterocycles. The molecule has 0 saturated carbocycles. The Kier molecular flexibility index (Phi) is 7.33. The summed E-state index contributed by atoms with van der Waals surface area (Å²) in [6, 6.07) is 1.84. The minimum atomic E-state index is -3.77. The molecule has 1 amide bonds. The molecule has 0 aliphatic rings. The van der Waals surface area contributed by atoms with Crippen molar-refractivity contribution in [2.24, 2.45) is 0 Å². The molecule has 1 heterocycles. The molecule has 0 aliphatic carbocycles. The number of carboxylic acid groups (broad SMARTS) is 1. The maximum atomic E-state index is 11.9. The number of thiophene rings is 1. The van der Waals surface area contributed by atoms with Crippen molar-refractivity contribution in [1.29, 1.82) is 0 Å². The zero-order valence-corrected chi connectivity index (χ0v) is 15.4. The van der Waals surface area contributed by atoms with E-state index in [1.807, 2.05) is 20.8 Å². The summed E-state index contributed by atoms with van der Waals surface area (Å²) in [7, 11) is -3.77. The second-order valence-corrected chi connectivity index (χ2v) is 8.91. The number of ether oxygens (including phenoxy) is 1. The van der Waals surface area contributed by atoms with Crippen molar-refractivity contribution >= 4 is 33.2 Å². The molecule has 1 aromatic heterocycles. The van der Waals surface area contributed by atoms with E-state index in [4.69, 9.17) is 9.84 Å². The van der Waals surface area contributed by atoms with Gasteiger partial charge in [0.1, 0.15) is 10.3 Å². The van der Waals surface area contributed by atoms with Gasteiger partial charge in [0.05, 0.1) is 12.1 Å². The van der Waals surface area contributed by atoms with Crippen molar-refractivity contribution in [1.82, 2.24) is 10.0 Å². The smallest absolute Gasteiger partial charge is 0.326 e. The van der Waals surface area contributed by atoms with Gasteiger partial charge in [0.15, 0.2) is 0 Å². The lowest BCUT2D eigenvalue weighted by Gasteiger charge is -2.21. The Morgan fingerprint density at radius 1 is 1.38 bits per heavy atom. The number of amides is 1. The fourth-order valence-electron chi connectivity index (χ4n) is 1.63. The Morgan fingerprint density at radius 3 is 2.54 bits per heavy atom. The van der Waals surface area contributed by atoms with Gasteiger partial charge in [-0.25, -0.2) is 17.9 Å². The number of carbonyl (C=O) groups is 2. The first kappa shape index (κ1) is 20.6. The van der Waals surface area contributed by atoms with Crippen molar-refractivity contribution in [2.45, 2.75) is 43.0 Å². The molecular formula is C14H22N2O6S2. The molecular weight excluding hydrogens is 356 g/mol. The summed E-state index contributed by atoms with van der Waals surface area (Å²) in [5.41, 5.74) is -0.413.